The Morgan fingerprint density at radius 2 is 2.30 bits per heavy atom. The zero-order valence-corrected chi connectivity index (χ0v) is 7.13. The molecule has 0 atom stereocenters. The van der Waals surface area contributed by atoms with E-state index in [2.05, 4.69) is 37.8 Å². The van der Waals surface area contributed by atoms with E-state index in [1.807, 2.05) is 0 Å². The van der Waals surface area contributed by atoms with Crippen molar-refractivity contribution in [2.75, 3.05) is 11.9 Å². The third-order valence-electron chi connectivity index (χ3n) is 0.815. The smallest absolute Gasteiger partial charge is 0.0645 e. The fraction of sp³-hybridized carbons (Fsp3) is 0.667. The molecule has 3 nitrogen and oxygen atoms in total. The average Bonchev–Trinajstić information content (AvgIpc) is 1.97. The molecule has 0 aliphatic rings. The highest BCUT2D eigenvalue weighted by atomic mass is 79.9. The molecule has 0 heterocycles. The lowest BCUT2D eigenvalue weighted by Crippen LogP contribution is -1.75. The van der Waals surface area contributed by atoms with E-state index in [9.17, 15) is 0 Å². The lowest BCUT2D eigenvalue weighted by molar-refractivity contribution is 0.862. The third kappa shape index (κ3) is 7.35. The molecule has 4 heteroatoms. The van der Waals surface area contributed by atoms with Crippen molar-refractivity contribution in [3.05, 3.63) is 10.4 Å². The first kappa shape index (κ1) is 9.35. The van der Waals surface area contributed by atoms with Crippen LogP contribution in [0.1, 0.15) is 12.8 Å². The van der Waals surface area contributed by atoms with Gasteiger partial charge in [-0.2, -0.15) is 0 Å². The molecule has 10 heavy (non-hydrogen) atoms. The zero-order valence-electron chi connectivity index (χ0n) is 5.55. The quantitative estimate of drug-likeness (QED) is 0.168. The summed E-state index contributed by atoms with van der Waals surface area (Å²) in [7, 11) is 0. The molecule has 0 unspecified atom stereocenters. The predicted molar refractivity (Wildman–Crippen MR) is 44.8 cm³/mol. The van der Waals surface area contributed by atoms with Gasteiger partial charge in [0.15, 0.2) is 0 Å². The molecule has 0 amide bonds. The number of unbranched alkanes of at least 4 members (excludes halogenated alkanes) is 1. The summed E-state index contributed by atoms with van der Waals surface area (Å²) < 4.78 is 0. The van der Waals surface area contributed by atoms with E-state index >= 15 is 0 Å². The van der Waals surface area contributed by atoms with Gasteiger partial charge in [-0.3, -0.25) is 0 Å². The Balaban J connectivity index is 3.12. The van der Waals surface area contributed by atoms with Gasteiger partial charge in [-0.1, -0.05) is 27.0 Å². The van der Waals surface area contributed by atoms with Gasteiger partial charge in [-0.25, -0.2) is 0 Å². The van der Waals surface area contributed by atoms with Crippen molar-refractivity contribution >= 4 is 15.9 Å². The molecule has 0 rings (SSSR count). The summed E-state index contributed by atoms with van der Waals surface area (Å²) in [6.45, 7) is 0.549. The molecule has 0 radical (unpaired) electrons. The van der Waals surface area contributed by atoms with Crippen LogP contribution in [0.25, 0.3) is 10.4 Å². The van der Waals surface area contributed by atoms with Gasteiger partial charge < -0.3 is 0 Å². The summed E-state index contributed by atoms with van der Waals surface area (Å²) in [4.78, 5) is 2.62. The second-order valence-electron chi connectivity index (χ2n) is 1.55. The molecule has 0 aliphatic heterocycles. The molecule has 0 saturated carbocycles. The van der Waals surface area contributed by atoms with E-state index in [-0.39, 0.29) is 0 Å². The first-order chi connectivity index (χ1) is 4.91. The first-order valence-electron chi connectivity index (χ1n) is 2.94. The third-order valence-corrected chi connectivity index (χ3v) is 1.10. The molecule has 0 fully saturated rings. The Morgan fingerprint density at radius 3 is 2.90 bits per heavy atom. The molecule has 0 spiro atoms. The molecule has 0 saturated heterocycles. The van der Waals surface area contributed by atoms with Crippen molar-refractivity contribution in [2.24, 2.45) is 5.11 Å². The molecule has 0 bridgehead atoms. The summed E-state index contributed by atoms with van der Waals surface area (Å²) in [6, 6.07) is 0. The summed E-state index contributed by atoms with van der Waals surface area (Å²) in [5.74, 6) is 5.77. The Bertz CT molecular complexity index is 173. The minimum absolute atomic E-state index is 0.549. The summed E-state index contributed by atoms with van der Waals surface area (Å²) in [5.41, 5.74) is 7.88. The Kier molecular flexibility index (Phi) is 7.81. The van der Waals surface area contributed by atoms with Crippen molar-refractivity contribution in [1.82, 2.24) is 0 Å². The van der Waals surface area contributed by atoms with E-state index in [0.29, 0.717) is 11.9 Å². The van der Waals surface area contributed by atoms with Crippen LogP contribution in [0, 0.1) is 11.8 Å². The van der Waals surface area contributed by atoms with E-state index in [0.717, 1.165) is 12.8 Å². The topological polar surface area (TPSA) is 48.8 Å². The Labute approximate surface area is 68.6 Å². The molecular formula is C6H8BrN3. The van der Waals surface area contributed by atoms with Gasteiger partial charge in [0.2, 0.25) is 0 Å². The zero-order chi connectivity index (χ0) is 7.66. The fourth-order valence-electron chi connectivity index (χ4n) is 0.419. The Hall–Kier alpha value is -0.650. The van der Waals surface area contributed by atoms with Crippen LogP contribution in [0.5, 0.6) is 0 Å². The number of nitrogens with zero attached hydrogens (tertiary/aromatic N) is 3. The predicted octanol–water partition coefficient (Wildman–Crippen LogP) is 2.48. The monoisotopic (exact) mass is 201 g/mol. The summed E-state index contributed by atoms with van der Waals surface area (Å²) in [5, 5.41) is 4.09. The fourth-order valence-corrected chi connectivity index (χ4v) is 0.617. The number of alkyl halides is 1. The average molecular weight is 202 g/mol. The molecule has 54 valence electrons. The van der Waals surface area contributed by atoms with E-state index in [4.69, 9.17) is 5.53 Å². The second kappa shape index (κ2) is 8.35. The van der Waals surface area contributed by atoms with Gasteiger partial charge in [0.05, 0.1) is 5.33 Å². The highest BCUT2D eigenvalue weighted by molar-refractivity contribution is 9.09. The van der Waals surface area contributed by atoms with Gasteiger partial charge in [-0.05, 0) is 12.0 Å². The number of halogens is 1. The Morgan fingerprint density at radius 1 is 1.50 bits per heavy atom. The van der Waals surface area contributed by atoms with Crippen LogP contribution >= 0.6 is 15.9 Å². The van der Waals surface area contributed by atoms with Crippen LogP contribution in [-0.2, 0) is 0 Å². The van der Waals surface area contributed by atoms with Gasteiger partial charge in [0.25, 0.3) is 0 Å². The van der Waals surface area contributed by atoms with Crippen molar-refractivity contribution in [2.45, 2.75) is 12.8 Å². The largest absolute Gasteiger partial charge is 0.102 e. The van der Waals surface area contributed by atoms with Gasteiger partial charge in [0.1, 0.15) is 0 Å². The lowest BCUT2D eigenvalue weighted by atomic mass is 10.3. The molecule has 0 aromatic carbocycles. The molecular weight excluding hydrogens is 194 g/mol. The molecule has 0 N–H and O–H groups in total. The lowest BCUT2D eigenvalue weighted by Gasteiger charge is -1.82. The maximum Gasteiger partial charge on any atom is 0.0645 e. The molecule has 0 aromatic heterocycles. The molecule has 0 aliphatic carbocycles. The maximum atomic E-state index is 7.88. The van der Waals surface area contributed by atoms with Crippen LogP contribution in [0.2, 0.25) is 0 Å². The second-order valence-corrected chi connectivity index (χ2v) is 2.11. The highest BCUT2D eigenvalue weighted by Gasteiger charge is 1.78. The first-order valence-corrected chi connectivity index (χ1v) is 4.06. The van der Waals surface area contributed by atoms with Crippen LogP contribution in [0.3, 0.4) is 0 Å². The van der Waals surface area contributed by atoms with Crippen LogP contribution in [0.15, 0.2) is 5.11 Å². The number of hydrogen-bond donors (Lipinski definition) is 0. The van der Waals surface area contributed by atoms with Gasteiger partial charge >= 0.3 is 0 Å². The standard InChI is InChI=1S/C6H8BrN3/c7-5-3-1-2-4-6-9-10-8/h2,4-6H2. The number of hydrogen-bond acceptors (Lipinski definition) is 1. The van der Waals surface area contributed by atoms with E-state index in [1.54, 1.807) is 0 Å². The summed E-state index contributed by atoms with van der Waals surface area (Å²) >= 11 is 3.18. The number of azide groups is 1. The van der Waals surface area contributed by atoms with Gasteiger partial charge in [-0.15, -0.1) is 5.92 Å². The van der Waals surface area contributed by atoms with E-state index < -0.39 is 0 Å². The van der Waals surface area contributed by atoms with Crippen LogP contribution in [-0.4, -0.2) is 11.9 Å². The minimum Gasteiger partial charge on any atom is -0.102 e. The maximum absolute atomic E-state index is 7.88. The van der Waals surface area contributed by atoms with Crippen molar-refractivity contribution in [3.63, 3.8) is 0 Å². The van der Waals surface area contributed by atoms with Crippen molar-refractivity contribution < 1.29 is 0 Å². The van der Waals surface area contributed by atoms with Crippen molar-refractivity contribution in [1.29, 1.82) is 0 Å². The summed E-state index contributed by atoms with van der Waals surface area (Å²) in [6.07, 6.45) is 1.66. The SMILES string of the molecule is [N-]=[N+]=NCCCC#CCBr. The normalized spacial score (nSPS) is 7.30. The number of rotatable bonds is 3. The molecule has 0 aromatic rings. The van der Waals surface area contributed by atoms with Gasteiger partial charge in [0, 0.05) is 17.9 Å². The minimum atomic E-state index is 0.549. The van der Waals surface area contributed by atoms with Crippen LogP contribution in [0.4, 0.5) is 0 Å². The van der Waals surface area contributed by atoms with Crippen molar-refractivity contribution in [3.8, 4) is 11.8 Å². The van der Waals surface area contributed by atoms with Crippen LogP contribution < -0.4 is 0 Å². The van der Waals surface area contributed by atoms with E-state index in [1.165, 1.54) is 0 Å². The highest BCUT2D eigenvalue weighted by Crippen LogP contribution is 1.87.